The van der Waals surface area contributed by atoms with Crippen molar-refractivity contribution in [3.63, 3.8) is 0 Å². The molecule has 1 aliphatic carbocycles. The highest BCUT2D eigenvalue weighted by Crippen LogP contribution is 2.37. The van der Waals surface area contributed by atoms with Crippen LogP contribution in [0.5, 0.6) is 0 Å². The number of fused-ring (bicyclic) bond motifs is 1. The Hall–Kier alpha value is -2.34. The predicted octanol–water partition coefficient (Wildman–Crippen LogP) is 6.24. The van der Waals surface area contributed by atoms with Crippen molar-refractivity contribution in [1.82, 2.24) is 0 Å². The Morgan fingerprint density at radius 2 is 1.83 bits per heavy atom. The molecule has 2 aromatic carbocycles. The fourth-order valence-corrected chi connectivity index (χ4v) is 3.35. The molecule has 23 heavy (non-hydrogen) atoms. The second-order valence-electron chi connectivity index (χ2n) is 6.45. The van der Waals surface area contributed by atoms with E-state index in [4.69, 9.17) is 0 Å². The van der Waals surface area contributed by atoms with Gasteiger partial charge in [-0.15, -0.1) is 0 Å². The van der Waals surface area contributed by atoms with Crippen LogP contribution in [0.1, 0.15) is 47.2 Å². The molecule has 0 saturated heterocycles. The van der Waals surface area contributed by atoms with Gasteiger partial charge >= 0.3 is 0 Å². The van der Waals surface area contributed by atoms with Crippen molar-refractivity contribution in [1.29, 1.82) is 0 Å². The van der Waals surface area contributed by atoms with Crippen LogP contribution in [0.4, 0.5) is 0 Å². The topological polar surface area (TPSA) is 0 Å². The van der Waals surface area contributed by atoms with Gasteiger partial charge < -0.3 is 0 Å². The maximum absolute atomic E-state index is 4.39. The van der Waals surface area contributed by atoms with E-state index in [1.54, 1.807) is 0 Å². The summed E-state index contributed by atoms with van der Waals surface area (Å²) in [4.78, 5) is 0. The van der Waals surface area contributed by atoms with Gasteiger partial charge in [0.2, 0.25) is 0 Å². The molecule has 0 radical (unpaired) electrons. The minimum absolute atomic E-state index is 0.983. The van der Waals surface area contributed by atoms with Crippen molar-refractivity contribution in [2.45, 2.75) is 33.6 Å². The van der Waals surface area contributed by atoms with E-state index >= 15 is 0 Å². The van der Waals surface area contributed by atoms with Crippen LogP contribution in [0.15, 0.2) is 55.6 Å². The third kappa shape index (κ3) is 2.82. The largest absolute Gasteiger partial charge is 0.0955 e. The van der Waals surface area contributed by atoms with Crippen LogP contribution in [-0.2, 0) is 12.8 Å². The first-order valence-electron chi connectivity index (χ1n) is 8.29. The highest BCUT2D eigenvalue weighted by molar-refractivity contribution is 6.06. The maximum Gasteiger partial charge on any atom is -0.00818 e. The van der Waals surface area contributed by atoms with E-state index in [2.05, 4.69) is 69.5 Å². The third-order valence-electron chi connectivity index (χ3n) is 4.81. The zero-order valence-corrected chi connectivity index (χ0v) is 14.4. The van der Waals surface area contributed by atoms with E-state index in [0.717, 1.165) is 24.0 Å². The van der Waals surface area contributed by atoms with E-state index in [-0.39, 0.29) is 0 Å². The molecular formula is C23H24. The summed E-state index contributed by atoms with van der Waals surface area (Å²) in [7, 11) is 0. The van der Waals surface area contributed by atoms with Gasteiger partial charge in [-0.3, -0.25) is 0 Å². The van der Waals surface area contributed by atoms with E-state index in [1.165, 1.54) is 39.0 Å². The Morgan fingerprint density at radius 1 is 1.13 bits per heavy atom. The number of allylic oxidation sites excluding steroid dienone is 4. The van der Waals surface area contributed by atoms with E-state index in [0.29, 0.717) is 0 Å². The first-order valence-corrected chi connectivity index (χ1v) is 8.29. The van der Waals surface area contributed by atoms with Gasteiger partial charge in [-0.1, -0.05) is 68.1 Å². The lowest BCUT2D eigenvalue weighted by Gasteiger charge is -2.22. The second kappa shape index (κ2) is 6.04. The Bertz CT molecular complexity index is 814. The summed E-state index contributed by atoms with van der Waals surface area (Å²) in [6.07, 6.45) is 4.36. The molecule has 0 heterocycles. The van der Waals surface area contributed by atoms with Gasteiger partial charge in [0.25, 0.3) is 0 Å². The van der Waals surface area contributed by atoms with Crippen LogP contribution in [0, 0.1) is 6.92 Å². The van der Waals surface area contributed by atoms with Crippen LogP contribution in [-0.4, -0.2) is 0 Å². The number of benzene rings is 2. The Labute approximate surface area is 139 Å². The van der Waals surface area contributed by atoms with Crippen LogP contribution in [0.3, 0.4) is 0 Å². The Morgan fingerprint density at radius 3 is 2.43 bits per heavy atom. The van der Waals surface area contributed by atoms with Crippen molar-refractivity contribution in [2.75, 3.05) is 0 Å². The quantitative estimate of drug-likeness (QED) is 0.629. The molecule has 0 atom stereocenters. The minimum Gasteiger partial charge on any atom is -0.0955 e. The lowest BCUT2D eigenvalue weighted by Crippen LogP contribution is -2.04. The molecule has 1 aliphatic rings. The molecule has 0 fully saturated rings. The zero-order valence-electron chi connectivity index (χ0n) is 14.4. The van der Waals surface area contributed by atoms with Gasteiger partial charge in [-0.2, -0.15) is 0 Å². The van der Waals surface area contributed by atoms with Gasteiger partial charge in [-0.05, 0) is 71.2 Å². The number of hydrogen-bond donors (Lipinski definition) is 0. The average Bonchev–Trinajstić information content (AvgIpc) is 2.55. The van der Waals surface area contributed by atoms with Crippen molar-refractivity contribution in [2.24, 2.45) is 0 Å². The molecule has 0 saturated carbocycles. The molecule has 0 amide bonds. The van der Waals surface area contributed by atoms with Crippen LogP contribution < -0.4 is 0 Å². The summed E-state index contributed by atoms with van der Waals surface area (Å²) in [5.74, 6) is 0. The second-order valence-corrected chi connectivity index (χ2v) is 6.45. The monoisotopic (exact) mass is 300 g/mol. The fourth-order valence-electron chi connectivity index (χ4n) is 3.35. The van der Waals surface area contributed by atoms with Gasteiger partial charge in [0.1, 0.15) is 0 Å². The number of rotatable bonds is 3. The van der Waals surface area contributed by atoms with Crippen LogP contribution >= 0.6 is 0 Å². The summed E-state index contributed by atoms with van der Waals surface area (Å²) in [5, 5.41) is 0. The molecular weight excluding hydrogens is 276 g/mol. The van der Waals surface area contributed by atoms with E-state index < -0.39 is 0 Å². The SMILES string of the molecule is C=C(C)c1ccc(C2=CCc3cc(C)c(CC)cc3C2=C)cc1. The number of hydrogen-bond acceptors (Lipinski definition) is 0. The van der Waals surface area contributed by atoms with Crippen molar-refractivity contribution >= 4 is 16.7 Å². The molecule has 116 valence electrons. The van der Waals surface area contributed by atoms with Crippen LogP contribution in [0.25, 0.3) is 16.7 Å². The molecule has 0 heteroatoms. The van der Waals surface area contributed by atoms with Gasteiger partial charge in [0.05, 0.1) is 0 Å². The highest BCUT2D eigenvalue weighted by Gasteiger charge is 2.18. The lowest BCUT2D eigenvalue weighted by molar-refractivity contribution is 1.09. The molecule has 0 N–H and O–H groups in total. The standard InChI is InChI=1S/C23H24/c1-6-18-14-23-17(5)22(12-11-21(23)13-16(18)4)20-9-7-19(8-10-20)15(2)3/h7-10,12-14H,2,5-6,11H2,1,3-4H3. The molecule has 2 aromatic rings. The summed E-state index contributed by atoms with van der Waals surface area (Å²) < 4.78 is 0. The summed E-state index contributed by atoms with van der Waals surface area (Å²) >= 11 is 0. The molecule has 0 aliphatic heterocycles. The Balaban J connectivity index is 1.99. The maximum atomic E-state index is 4.39. The molecule has 0 aromatic heterocycles. The van der Waals surface area contributed by atoms with Crippen molar-refractivity contribution in [3.8, 4) is 0 Å². The molecule has 0 bridgehead atoms. The summed E-state index contributed by atoms with van der Waals surface area (Å²) in [6, 6.07) is 13.3. The highest BCUT2D eigenvalue weighted by atomic mass is 14.2. The first kappa shape index (κ1) is 15.6. The Kier molecular flexibility index (Phi) is 4.09. The molecule has 0 spiro atoms. The summed E-state index contributed by atoms with van der Waals surface area (Å²) in [5.41, 5.74) is 11.5. The smallest absolute Gasteiger partial charge is 0.00818 e. The lowest BCUT2D eigenvalue weighted by atomic mass is 9.82. The third-order valence-corrected chi connectivity index (χ3v) is 4.81. The zero-order chi connectivity index (χ0) is 16.6. The molecule has 3 rings (SSSR count). The molecule has 0 unspecified atom stereocenters. The predicted molar refractivity (Wildman–Crippen MR) is 102 cm³/mol. The summed E-state index contributed by atoms with van der Waals surface area (Å²) in [6.45, 7) is 14.9. The molecule has 0 nitrogen and oxygen atoms in total. The normalized spacial score (nSPS) is 13.5. The fraction of sp³-hybridized carbons (Fsp3) is 0.217. The van der Waals surface area contributed by atoms with E-state index in [1.807, 2.05) is 6.92 Å². The first-order chi connectivity index (χ1) is 11.0. The van der Waals surface area contributed by atoms with Crippen LogP contribution in [0.2, 0.25) is 0 Å². The number of aryl methyl sites for hydroxylation is 2. The average molecular weight is 300 g/mol. The minimum atomic E-state index is 0.983. The van der Waals surface area contributed by atoms with Gasteiger partial charge in [0, 0.05) is 0 Å². The van der Waals surface area contributed by atoms with Gasteiger partial charge in [0.15, 0.2) is 0 Å². The van der Waals surface area contributed by atoms with Gasteiger partial charge in [-0.25, -0.2) is 0 Å². The van der Waals surface area contributed by atoms with Crippen molar-refractivity contribution < 1.29 is 0 Å². The van der Waals surface area contributed by atoms with Crippen molar-refractivity contribution in [3.05, 3.63) is 89.0 Å². The van der Waals surface area contributed by atoms with E-state index in [9.17, 15) is 0 Å².